The highest BCUT2D eigenvalue weighted by atomic mass is 35.5. The van der Waals surface area contributed by atoms with Crippen molar-refractivity contribution in [3.8, 4) is 5.75 Å². The van der Waals surface area contributed by atoms with Crippen LogP contribution in [-0.2, 0) is 5.60 Å². The molecule has 5 nitrogen and oxygen atoms in total. The van der Waals surface area contributed by atoms with E-state index in [9.17, 15) is 9.50 Å². The van der Waals surface area contributed by atoms with E-state index in [1.165, 1.54) is 12.1 Å². The van der Waals surface area contributed by atoms with Gasteiger partial charge >= 0.3 is 0 Å². The van der Waals surface area contributed by atoms with Gasteiger partial charge in [0, 0.05) is 37.3 Å². The molecule has 8 heteroatoms. The van der Waals surface area contributed by atoms with Crippen molar-refractivity contribution in [1.29, 1.82) is 0 Å². The number of nitrogens with zero attached hydrogens (tertiary/aromatic N) is 2. The van der Waals surface area contributed by atoms with E-state index in [0.29, 0.717) is 47.5 Å². The van der Waals surface area contributed by atoms with E-state index in [-0.39, 0.29) is 25.1 Å². The van der Waals surface area contributed by atoms with E-state index in [2.05, 4.69) is 9.80 Å². The molecule has 0 amide bonds. The first-order valence-electron chi connectivity index (χ1n) is 11.5. The first kappa shape index (κ1) is 25.7. The predicted molar refractivity (Wildman–Crippen MR) is 138 cm³/mol. The summed E-state index contributed by atoms with van der Waals surface area (Å²) in [5.41, 5.74) is 1.50. The molecule has 4 rings (SSSR count). The number of rotatable bonds is 8. The van der Waals surface area contributed by atoms with Gasteiger partial charge in [0.1, 0.15) is 18.2 Å². The van der Waals surface area contributed by atoms with Crippen LogP contribution in [-0.4, -0.2) is 54.5 Å². The van der Waals surface area contributed by atoms with Crippen LogP contribution in [0.25, 0.3) is 0 Å². The standard InChI is InChI=1S/C27H29Cl2FN2O3/c1-27(34,20-4-8-22(30)9-5-20)18-31-12-13-32(26(17-31)19-2-6-21(28)7-3-19)25-11-10-23(16-24(25)29)35-15-14-33/h2-11,16,26,33-34H,12-15,17-18H2,1H3/t26-,27+/m0/s1. The molecule has 0 unspecified atom stereocenters. The lowest BCUT2D eigenvalue weighted by atomic mass is 9.94. The van der Waals surface area contributed by atoms with Crippen molar-refractivity contribution in [3.63, 3.8) is 0 Å². The molecule has 35 heavy (non-hydrogen) atoms. The molecular weight excluding hydrogens is 490 g/mol. The molecule has 0 saturated carbocycles. The maximum absolute atomic E-state index is 13.4. The average Bonchev–Trinajstić information content (AvgIpc) is 2.83. The van der Waals surface area contributed by atoms with E-state index in [4.69, 9.17) is 33.0 Å². The highest BCUT2D eigenvalue weighted by Gasteiger charge is 2.34. The van der Waals surface area contributed by atoms with Crippen LogP contribution >= 0.6 is 23.2 Å². The highest BCUT2D eigenvalue weighted by Crippen LogP contribution is 2.38. The van der Waals surface area contributed by atoms with Crippen molar-refractivity contribution < 1.29 is 19.3 Å². The molecule has 2 atom stereocenters. The molecule has 1 aliphatic rings. The summed E-state index contributed by atoms with van der Waals surface area (Å²) in [5.74, 6) is 0.274. The Hall–Kier alpha value is -2.35. The number of β-amino-alcohol motifs (C(OH)–C–C–N with tert-alkyl or cyclic N) is 1. The summed E-state index contributed by atoms with van der Waals surface area (Å²) in [5, 5.41) is 21.4. The van der Waals surface area contributed by atoms with Gasteiger partial charge in [0.15, 0.2) is 0 Å². The number of aliphatic hydroxyl groups is 2. The summed E-state index contributed by atoms with van der Waals surface area (Å²) in [6.07, 6.45) is 0. The lowest BCUT2D eigenvalue weighted by Gasteiger charge is -2.45. The van der Waals surface area contributed by atoms with Gasteiger partial charge in [0.2, 0.25) is 0 Å². The average molecular weight is 519 g/mol. The molecule has 0 radical (unpaired) electrons. The van der Waals surface area contributed by atoms with Crippen molar-refractivity contribution in [2.24, 2.45) is 0 Å². The Morgan fingerprint density at radius 3 is 2.40 bits per heavy atom. The van der Waals surface area contributed by atoms with Gasteiger partial charge in [-0.1, -0.05) is 47.5 Å². The summed E-state index contributed by atoms with van der Waals surface area (Å²) in [6, 6.07) is 19.3. The molecule has 1 fully saturated rings. The summed E-state index contributed by atoms with van der Waals surface area (Å²) in [6.45, 7) is 4.34. The Balaban J connectivity index is 1.58. The monoisotopic (exact) mass is 518 g/mol. The Morgan fingerprint density at radius 1 is 1.03 bits per heavy atom. The number of hydrogen-bond donors (Lipinski definition) is 2. The fourth-order valence-corrected chi connectivity index (χ4v) is 4.96. The quantitative estimate of drug-likeness (QED) is 0.425. The van der Waals surface area contributed by atoms with Crippen molar-refractivity contribution in [2.75, 3.05) is 44.3 Å². The zero-order valence-electron chi connectivity index (χ0n) is 19.5. The van der Waals surface area contributed by atoms with Crippen molar-refractivity contribution in [2.45, 2.75) is 18.6 Å². The van der Waals surface area contributed by atoms with Gasteiger partial charge in [-0.2, -0.15) is 0 Å². The Kier molecular flexibility index (Phi) is 8.19. The first-order valence-corrected chi connectivity index (χ1v) is 12.3. The molecule has 186 valence electrons. The summed E-state index contributed by atoms with van der Waals surface area (Å²) < 4.78 is 18.9. The summed E-state index contributed by atoms with van der Waals surface area (Å²) >= 11 is 12.8. The lowest BCUT2D eigenvalue weighted by molar-refractivity contribution is 0.0102. The zero-order chi connectivity index (χ0) is 25.0. The zero-order valence-corrected chi connectivity index (χ0v) is 21.0. The fourth-order valence-electron chi connectivity index (χ4n) is 4.55. The van der Waals surface area contributed by atoms with E-state index in [1.54, 1.807) is 25.1 Å². The Bertz CT molecular complexity index is 1130. The smallest absolute Gasteiger partial charge is 0.123 e. The van der Waals surface area contributed by atoms with E-state index >= 15 is 0 Å². The van der Waals surface area contributed by atoms with Crippen LogP contribution < -0.4 is 9.64 Å². The van der Waals surface area contributed by atoms with Gasteiger partial charge in [0.05, 0.1) is 29.0 Å². The summed E-state index contributed by atoms with van der Waals surface area (Å²) in [4.78, 5) is 4.47. The molecular formula is C27H29Cl2FN2O3. The molecule has 2 N–H and O–H groups in total. The van der Waals surface area contributed by atoms with Crippen LogP contribution in [0.5, 0.6) is 5.75 Å². The topological polar surface area (TPSA) is 56.2 Å². The minimum absolute atomic E-state index is 0.0354. The Morgan fingerprint density at radius 2 is 1.74 bits per heavy atom. The third-order valence-electron chi connectivity index (χ3n) is 6.31. The van der Waals surface area contributed by atoms with Gasteiger partial charge in [0.25, 0.3) is 0 Å². The SMILES string of the molecule is C[C@@](O)(CN1CCN(c2ccc(OCCO)cc2Cl)[C@H](c2ccc(Cl)cc2)C1)c1ccc(F)cc1. The maximum atomic E-state index is 13.4. The second kappa shape index (κ2) is 11.1. The lowest BCUT2D eigenvalue weighted by Crippen LogP contribution is -2.52. The third kappa shape index (κ3) is 6.26. The van der Waals surface area contributed by atoms with Gasteiger partial charge in [-0.05, 0) is 54.4 Å². The van der Waals surface area contributed by atoms with E-state index in [0.717, 1.165) is 11.3 Å². The van der Waals surface area contributed by atoms with Crippen molar-refractivity contribution in [3.05, 3.63) is 93.7 Å². The summed E-state index contributed by atoms with van der Waals surface area (Å²) in [7, 11) is 0. The van der Waals surface area contributed by atoms with Gasteiger partial charge < -0.3 is 19.8 Å². The normalized spacial score (nSPS) is 18.3. The number of aliphatic hydroxyl groups excluding tert-OH is 1. The molecule has 0 spiro atoms. The second-order valence-electron chi connectivity index (χ2n) is 8.96. The fraction of sp³-hybridized carbons (Fsp3) is 0.333. The van der Waals surface area contributed by atoms with Crippen LogP contribution in [0.1, 0.15) is 24.1 Å². The number of hydrogen-bond acceptors (Lipinski definition) is 5. The molecule has 0 aliphatic carbocycles. The minimum Gasteiger partial charge on any atom is -0.491 e. The molecule has 0 aromatic heterocycles. The van der Waals surface area contributed by atoms with Crippen LogP contribution in [0.15, 0.2) is 66.7 Å². The number of benzene rings is 3. The third-order valence-corrected chi connectivity index (χ3v) is 6.86. The van der Waals surface area contributed by atoms with Crippen LogP contribution in [0.2, 0.25) is 10.0 Å². The minimum atomic E-state index is -1.14. The number of halogens is 3. The first-order chi connectivity index (χ1) is 16.8. The van der Waals surface area contributed by atoms with Crippen molar-refractivity contribution in [1.82, 2.24) is 4.90 Å². The largest absolute Gasteiger partial charge is 0.491 e. The van der Waals surface area contributed by atoms with Gasteiger partial charge in [-0.25, -0.2) is 4.39 Å². The molecule has 1 saturated heterocycles. The molecule has 1 aliphatic heterocycles. The number of anilines is 1. The van der Waals surface area contributed by atoms with Gasteiger partial charge in [-0.15, -0.1) is 0 Å². The molecule has 3 aromatic rings. The maximum Gasteiger partial charge on any atom is 0.123 e. The van der Waals surface area contributed by atoms with Gasteiger partial charge in [-0.3, -0.25) is 4.90 Å². The second-order valence-corrected chi connectivity index (χ2v) is 9.81. The highest BCUT2D eigenvalue weighted by molar-refractivity contribution is 6.33. The Labute approximate surface area is 215 Å². The van der Waals surface area contributed by atoms with Crippen LogP contribution in [0, 0.1) is 5.82 Å². The van der Waals surface area contributed by atoms with Crippen molar-refractivity contribution >= 4 is 28.9 Å². The number of ether oxygens (including phenoxy) is 1. The molecule has 0 bridgehead atoms. The number of piperazine rings is 1. The predicted octanol–water partition coefficient (Wildman–Crippen LogP) is 5.27. The van der Waals surface area contributed by atoms with E-state index < -0.39 is 5.60 Å². The van der Waals surface area contributed by atoms with Crippen LogP contribution in [0.4, 0.5) is 10.1 Å². The molecule has 1 heterocycles. The van der Waals surface area contributed by atoms with Crippen LogP contribution in [0.3, 0.4) is 0 Å². The molecule has 3 aromatic carbocycles. The van der Waals surface area contributed by atoms with E-state index in [1.807, 2.05) is 36.4 Å².